The Morgan fingerprint density at radius 3 is 3.06 bits per heavy atom. The second kappa shape index (κ2) is 9.28. The Kier molecular flexibility index (Phi) is 6.29. The lowest BCUT2D eigenvalue weighted by atomic mass is 10.0. The zero-order valence-electron chi connectivity index (χ0n) is 17.3. The molecule has 3 heterocycles. The first-order valence-corrected chi connectivity index (χ1v) is 10.5. The van der Waals surface area contributed by atoms with Gasteiger partial charge in [-0.1, -0.05) is 6.07 Å². The fraction of sp³-hybridized carbons (Fsp3) is 0.348. The minimum absolute atomic E-state index is 0.169. The van der Waals surface area contributed by atoms with Gasteiger partial charge in [0.25, 0.3) is 5.91 Å². The quantitative estimate of drug-likeness (QED) is 0.475. The molecule has 0 bridgehead atoms. The molecular weight excluding hydrogens is 394 g/mol. The summed E-state index contributed by atoms with van der Waals surface area (Å²) in [6, 6.07) is 10.8. The highest BCUT2D eigenvalue weighted by atomic mass is 16.5. The first-order valence-electron chi connectivity index (χ1n) is 10.5. The molecule has 8 nitrogen and oxygen atoms in total. The van der Waals surface area contributed by atoms with E-state index in [2.05, 4.69) is 20.2 Å². The number of fused-ring (bicyclic) bond motifs is 1. The van der Waals surface area contributed by atoms with Gasteiger partial charge in [0.05, 0.1) is 12.1 Å². The van der Waals surface area contributed by atoms with Crippen LogP contribution in [0.25, 0.3) is 10.9 Å². The van der Waals surface area contributed by atoms with Gasteiger partial charge in [-0.2, -0.15) is 0 Å². The van der Waals surface area contributed by atoms with Crippen molar-refractivity contribution < 1.29 is 14.6 Å². The molecule has 0 spiro atoms. The molecule has 1 saturated heterocycles. The van der Waals surface area contributed by atoms with Crippen molar-refractivity contribution >= 4 is 22.5 Å². The van der Waals surface area contributed by atoms with Gasteiger partial charge in [0.15, 0.2) is 0 Å². The first kappa shape index (κ1) is 21.0. The van der Waals surface area contributed by atoms with Gasteiger partial charge >= 0.3 is 0 Å². The molecule has 1 aliphatic rings. The molecule has 1 aliphatic heterocycles. The van der Waals surface area contributed by atoms with Gasteiger partial charge in [-0.3, -0.25) is 14.8 Å². The molecule has 8 heteroatoms. The van der Waals surface area contributed by atoms with Gasteiger partial charge in [-0.25, -0.2) is 0 Å². The maximum atomic E-state index is 12.6. The van der Waals surface area contributed by atoms with Crippen LogP contribution in [0.5, 0.6) is 5.75 Å². The number of hydrogen-bond donors (Lipinski definition) is 3. The van der Waals surface area contributed by atoms with E-state index in [0.29, 0.717) is 44.0 Å². The van der Waals surface area contributed by atoms with Gasteiger partial charge in [0.1, 0.15) is 11.4 Å². The van der Waals surface area contributed by atoms with Crippen LogP contribution in [0.2, 0.25) is 0 Å². The van der Waals surface area contributed by atoms with E-state index in [-0.39, 0.29) is 12.5 Å². The predicted molar refractivity (Wildman–Crippen MR) is 119 cm³/mol. The highest BCUT2D eigenvalue weighted by Crippen LogP contribution is 2.31. The minimum Gasteiger partial charge on any atom is -0.494 e. The highest BCUT2D eigenvalue weighted by molar-refractivity contribution is 5.94. The summed E-state index contributed by atoms with van der Waals surface area (Å²) in [5, 5.41) is 14.9. The van der Waals surface area contributed by atoms with Crippen LogP contribution in [0.3, 0.4) is 0 Å². The lowest BCUT2D eigenvalue weighted by molar-refractivity contribution is 0.0576. The smallest absolute Gasteiger partial charge is 0.251 e. The van der Waals surface area contributed by atoms with E-state index >= 15 is 0 Å². The molecule has 162 valence electrons. The monoisotopic (exact) mass is 421 g/mol. The number of amides is 1. The molecule has 2 aromatic heterocycles. The second-order valence-electron chi connectivity index (χ2n) is 7.82. The van der Waals surface area contributed by atoms with Gasteiger partial charge < -0.3 is 25.8 Å². The standard InChI is InChI=1S/C23H27N5O3/c24-8-2-12-31-18-4-1-3-17(13-18)22(29)27-15-23(30)7-11-28(16-23)21-6-10-26-20-5-9-25-14-19(20)21/h1,3-6,9-10,13-14,30H,2,7-8,11-12,15-16,24H2,(H,27,29). The third kappa shape index (κ3) is 4.92. The summed E-state index contributed by atoms with van der Waals surface area (Å²) in [4.78, 5) is 23.3. The van der Waals surface area contributed by atoms with E-state index in [0.717, 1.165) is 23.0 Å². The van der Waals surface area contributed by atoms with Crippen LogP contribution in [-0.4, -0.2) is 59.4 Å². The number of hydrogen-bond acceptors (Lipinski definition) is 7. The topological polar surface area (TPSA) is 114 Å². The van der Waals surface area contributed by atoms with Crippen molar-refractivity contribution in [2.24, 2.45) is 5.73 Å². The number of nitrogens with two attached hydrogens (primary N) is 1. The average molecular weight is 422 g/mol. The van der Waals surface area contributed by atoms with E-state index in [9.17, 15) is 9.90 Å². The molecule has 1 atom stereocenters. The summed E-state index contributed by atoms with van der Waals surface area (Å²) in [6.45, 7) is 2.34. The Morgan fingerprint density at radius 1 is 1.29 bits per heavy atom. The van der Waals surface area contributed by atoms with Crippen LogP contribution in [0.1, 0.15) is 23.2 Å². The number of carbonyl (C=O) groups is 1. The van der Waals surface area contributed by atoms with Crippen molar-refractivity contribution in [3.05, 3.63) is 60.6 Å². The fourth-order valence-electron chi connectivity index (χ4n) is 3.80. The van der Waals surface area contributed by atoms with Gasteiger partial charge in [-0.15, -0.1) is 0 Å². The Hall–Kier alpha value is -3.23. The van der Waals surface area contributed by atoms with E-state index in [4.69, 9.17) is 10.5 Å². The molecule has 4 N–H and O–H groups in total. The number of pyridine rings is 2. The normalized spacial score (nSPS) is 18.3. The number of aromatic nitrogens is 2. The van der Waals surface area contributed by atoms with Crippen molar-refractivity contribution in [3.63, 3.8) is 0 Å². The molecular formula is C23H27N5O3. The molecule has 4 rings (SSSR count). The number of nitrogens with one attached hydrogen (secondary N) is 1. The van der Waals surface area contributed by atoms with E-state index < -0.39 is 5.60 Å². The fourth-order valence-corrected chi connectivity index (χ4v) is 3.80. The van der Waals surface area contributed by atoms with E-state index in [1.165, 1.54) is 0 Å². The number of benzene rings is 1. The maximum absolute atomic E-state index is 12.6. The van der Waals surface area contributed by atoms with Crippen LogP contribution in [0.4, 0.5) is 5.69 Å². The summed E-state index contributed by atoms with van der Waals surface area (Å²) in [5.74, 6) is 0.389. The third-order valence-electron chi connectivity index (χ3n) is 5.48. The largest absolute Gasteiger partial charge is 0.494 e. The minimum atomic E-state index is -1.01. The number of ether oxygens (including phenoxy) is 1. The summed E-state index contributed by atoms with van der Waals surface area (Å²) in [6.07, 6.45) is 6.58. The highest BCUT2D eigenvalue weighted by Gasteiger charge is 2.37. The van der Waals surface area contributed by atoms with Crippen LogP contribution in [0, 0.1) is 0 Å². The summed E-state index contributed by atoms with van der Waals surface area (Å²) in [5.41, 5.74) is 6.82. The SMILES string of the molecule is NCCCOc1cccc(C(=O)NCC2(O)CCN(c3ccnc4ccncc34)C2)c1. The zero-order chi connectivity index (χ0) is 21.7. The number of aliphatic hydroxyl groups is 1. The van der Waals surface area contributed by atoms with Crippen LogP contribution in [0.15, 0.2) is 55.0 Å². The Bertz CT molecular complexity index is 1050. The molecule has 1 fully saturated rings. The Labute approximate surface area is 181 Å². The average Bonchev–Trinajstić information content (AvgIpc) is 3.19. The summed E-state index contributed by atoms with van der Waals surface area (Å²) >= 11 is 0. The molecule has 3 aromatic rings. The van der Waals surface area contributed by atoms with E-state index in [1.807, 2.05) is 18.2 Å². The van der Waals surface area contributed by atoms with Crippen molar-refractivity contribution in [3.8, 4) is 5.75 Å². The zero-order valence-corrected chi connectivity index (χ0v) is 17.3. The number of β-amino-alcohol motifs (C(OH)–C–C–N with tert-alkyl or cyclic N) is 1. The predicted octanol–water partition coefficient (Wildman–Crippen LogP) is 1.73. The number of rotatable bonds is 8. The van der Waals surface area contributed by atoms with Crippen molar-refractivity contribution in [2.45, 2.75) is 18.4 Å². The molecule has 1 aromatic carbocycles. The molecule has 1 amide bonds. The second-order valence-corrected chi connectivity index (χ2v) is 7.82. The molecule has 0 saturated carbocycles. The molecule has 1 unspecified atom stereocenters. The first-order chi connectivity index (χ1) is 15.1. The number of carbonyl (C=O) groups excluding carboxylic acids is 1. The molecule has 0 aliphatic carbocycles. The lowest BCUT2D eigenvalue weighted by Crippen LogP contribution is -2.45. The van der Waals surface area contributed by atoms with Crippen molar-refractivity contribution in [2.75, 3.05) is 37.7 Å². The molecule has 0 radical (unpaired) electrons. The van der Waals surface area contributed by atoms with E-state index in [1.54, 1.807) is 36.8 Å². The maximum Gasteiger partial charge on any atom is 0.251 e. The number of anilines is 1. The van der Waals surface area contributed by atoms with Crippen LogP contribution < -0.4 is 20.7 Å². The summed E-state index contributed by atoms with van der Waals surface area (Å²) < 4.78 is 5.61. The Balaban J connectivity index is 1.38. The Morgan fingerprint density at radius 2 is 2.19 bits per heavy atom. The van der Waals surface area contributed by atoms with Crippen molar-refractivity contribution in [1.29, 1.82) is 0 Å². The van der Waals surface area contributed by atoms with Gasteiger partial charge in [0, 0.05) is 54.9 Å². The van der Waals surface area contributed by atoms with Gasteiger partial charge in [-0.05, 0) is 49.7 Å². The lowest BCUT2D eigenvalue weighted by Gasteiger charge is -2.25. The van der Waals surface area contributed by atoms with Crippen molar-refractivity contribution in [1.82, 2.24) is 15.3 Å². The van der Waals surface area contributed by atoms with Crippen LogP contribution in [-0.2, 0) is 0 Å². The third-order valence-corrected chi connectivity index (χ3v) is 5.48. The van der Waals surface area contributed by atoms with Gasteiger partial charge in [0.2, 0.25) is 0 Å². The molecule has 31 heavy (non-hydrogen) atoms. The van der Waals surface area contributed by atoms with Crippen LogP contribution >= 0.6 is 0 Å². The summed E-state index contributed by atoms with van der Waals surface area (Å²) in [7, 11) is 0. The number of nitrogens with zero attached hydrogens (tertiary/aromatic N) is 3.